The lowest BCUT2D eigenvalue weighted by atomic mass is 10.2. The van der Waals surface area contributed by atoms with Crippen LogP contribution in [0.2, 0.25) is 0 Å². The van der Waals surface area contributed by atoms with E-state index in [4.69, 9.17) is 4.74 Å². The molecule has 6 heteroatoms. The van der Waals surface area contributed by atoms with E-state index in [1.807, 2.05) is 0 Å². The van der Waals surface area contributed by atoms with E-state index in [1.165, 1.54) is 23.9 Å². The standard InChI is InChI=1S/C16H18FN3O2/c1-22-14-10-20(13-8-6-11(17)7-9-13)19-15(14)16(21)18-12-4-2-3-5-12/h6-10,12H,2-5H2,1H3,(H,18,21). The lowest BCUT2D eigenvalue weighted by Gasteiger charge is -2.10. The highest BCUT2D eigenvalue weighted by Gasteiger charge is 2.23. The first-order valence-electron chi connectivity index (χ1n) is 7.38. The average molecular weight is 303 g/mol. The van der Waals surface area contributed by atoms with Gasteiger partial charge in [0.2, 0.25) is 0 Å². The molecular weight excluding hydrogens is 285 g/mol. The van der Waals surface area contributed by atoms with Crippen LogP contribution in [-0.4, -0.2) is 28.8 Å². The molecule has 2 aromatic rings. The van der Waals surface area contributed by atoms with Crippen LogP contribution in [0.25, 0.3) is 5.69 Å². The maximum absolute atomic E-state index is 13.0. The predicted molar refractivity (Wildman–Crippen MR) is 79.8 cm³/mol. The fraction of sp³-hybridized carbons (Fsp3) is 0.375. The van der Waals surface area contributed by atoms with Gasteiger partial charge in [-0.25, -0.2) is 9.07 Å². The zero-order valence-corrected chi connectivity index (χ0v) is 12.4. The van der Waals surface area contributed by atoms with Crippen LogP contribution in [0.15, 0.2) is 30.5 Å². The van der Waals surface area contributed by atoms with Gasteiger partial charge in [-0.15, -0.1) is 0 Å². The number of hydrogen-bond acceptors (Lipinski definition) is 3. The molecule has 1 fully saturated rings. The topological polar surface area (TPSA) is 56.2 Å². The summed E-state index contributed by atoms with van der Waals surface area (Å²) < 4.78 is 19.7. The van der Waals surface area contributed by atoms with Gasteiger partial charge in [0, 0.05) is 6.04 Å². The minimum atomic E-state index is -0.318. The number of nitrogens with one attached hydrogen (secondary N) is 1. The van der Waals surface area contributed by atoms with Crippen molar-refractivity contribution in [1.29, 1.82) is 0 Å². The first kappa shape index (κ1) is 14.6. The second-order valence-electron chi connectivity index (χ2n) is 5.42. The molecule has 22 heavy (non-hydrogen) atoms. The highest BCUT2D eigenvalue weighted by Crippen LogP contribution is 2.22. The minimum Gasteiger partial charge on any atom is -0.493 e. The van der Waals surface area contributed by atoms with E-state index in [2.05, 4.69) is 10.4 Å². The van der Waals surface area contributed by atoms with Crippen LogP contribution < -0.4 is 10.1 Å². The molecule has 116 valence electrons. The molecule has 1 aliphatic rings. The van der Waals surface area contributed by atoms with Gasteiger partial charge in [-0.3, -0.25) is 4.79 Å². The van der Waals surface area contributed by atoms with E-state index in [0.29, 0.717) is 11.4 Å². The molecule has 0 spiro atoms. The van der Waals surface area contributed by atoms with Crippen molar-refractivity contribution in [2.75, 3.05) is 7.11 Å². The van der Waals surface area contributed by atoms with Crippen molar-refractivity contribution in [1.82, 2.24) is 15.1 Å². The maximum atomic E-state index is 13.0. The molecule has 0 radical (unpaired) electrons. The summed E-state index contributed by atoms with van der Waals surface area (Å²) in [5.41, 5.74) is 0.915. The van der Waals surface area contributed by atoms with E-state index in [0.717, 1.165) is 25.7 Å². The summed E-state index contributed by atoms with van der Waals surface area (Å²) in [5.74, 6) is -0.147. The van der Waals surface area contributed by atoms with Crippen molar-refractivity contribution in [2.24, 2.45) is 0 Å². The number of benzene rings is 1. The van der Waals surface area contributed by atoms with Crippen LogP contribution in [0.5, 0.6) is 5.75 Å². The maximum Gasteiger partial charge on any atom is 0.275 e. The van der Waals surface area contributed by atoms with Gasteiger partial charge in [0.05, 0.1) is 19.0 Å². The Balaban J connectivity index is 1.84. The summed E-state index contributed by atoms with van der Waals surface area (Å²) >= 11 is 0. The van der Waals surface area contributed by atoms with Gasteiger partial charge < -0.3 is 10.1 Å². The van der Waals surface area contributed by atoms with Crippen LogP contribution in [-0.2, 0) is 0 Å². The summed E-state index contributed by atoms with van der Waals surface area (Å²) in [6, 6.07) is 6.11. The summed E-state index contributed by atoms with van der Waals surface area (Å²) in [6.45, 7) is 0. The van der Waals surface area contributed by atoms with Gasteiger partial charge in [0.25, 0.3) is 5.91 Å². The van der Waals surface area contributed by atoms with Crippen LogP contribution >= 0.6 is 0 Å². The van der Waals surface area contributed by atoms with Gasteiger partial charge in [-0.2, -0.15) is 5.10 Å². The number of aromatic nitrogens is 2. The van der Waals surface area contributed by atoms with E-state index in [-0.39, 0.29) is 23.5 Å². The Bertz CT molecular complexity index is 661. The summed E-state index contributed by atoms with van der Waals surface area (Å²) in [5, 5.41) is 7.27. The van der Waals surface area contributed by atoms with Crippen LogP contribution in [0.3, 0.4) is 0 Å². The summed E-state index contributed by atoms with van der Waals surface area (Å²) in [7, 11) is 1.50. The lowest BCUT2D eigenvalue weighted by Crippen LogP contribution is -2.33. The second kappa shape index (κ2) is 6.17. The number of nitrogens with zero attached hydrogens (tertiary/aromatic N) is 2. The van der Waals surface area contributed by atoms with E-state index in [9.17, 15) is 9.18 Å². The zero-order valence-electron chi connectivity index (χ0n) is 12.4. The van der Waals surface area contributed by atoms with Crippen molar-refractivity contribution >= 4 is 5.91 Å². The molecule has 1 heterocycles. The predicted octanol–water partition coefficient (Wildman–Crippen LogP) is 2.69. The fourth-order valence-electron chi connectivity index (χ4n) is 2.71. The largest absolute Gasteiger partial charge is 0.493 e. The van der Waals surface area contributed by atoms with Gasteiger partial charge in [-0.05, 0) is 37.1 Å². The summed E-state index contributed by atoms with van der Waals surface area (Å²) in [6.07, 6.45) is 5.93. The quantitative estimate of drug-likeness (QED) is 0.945. The van der Waals surface area contributed by atoms with Gasteiger partial charge >= 0.3 is 0 Å². The fourth-order valence-corrected chi connectivity index (χ4v) is 2.71. The van der Waals surface area contributed by atoms with Crippen molar-refractivity contribution in [3.8, 4) is 11.4 Å². The normalized spacial score (nSPS) is 15.0. The third-order valence-corrected chi connectivity index (χ3v) is 3.90. The molecular formula is C16H18FN3O2. The molecule has 5 nitrogen and oxygen atoms in total. The Labute approximate surface area is 128 Å². The number of hydrogen-bond donors (Lipinski definition) is 1. The second-order valence-corrected chi connectivity index (χ2v) is 5.42. The molecule has 0 unspecified atom stereocenters. The third kappa shape index (κ3) is 2.95. The van der Waals surface area contributed by atoms with Crippen LogP contribution in [0.4, 0.5) is 4.39 Å². The minimum absolute atomic E-state index is 0.216. The number of halogens is 1. The first-order valence-corrected chi connectivity index (χ1v) is 7.38. The van der Waals surface area contributed by atoms with Crippen molar-refractivity contribution in [3.05, 3.63) is 42.0 Å². The molecule has 1 aromatic heterocycles. The SMILES string of the molecule is COc1cn(-c2ccc(F)cc2)nc1C(=O)NC1CCCC1. The highest BCUT2D eigenvalue weighted by atomic mass is 19.1. The molecule has 0 saturated heterocycles. The lowest BCUT2D eigenvalue weighted by molar-refractivity contribution is 0.0929. The smallest absolute Gasteiger partial charge is 0.275 e. The number of carbonyl (C=O) groups excluding carboxylic acids is 1. The highest BCUT2D eigenvalue weighted by molar-refractivity contribution is 5.95. The molecule has 1 saturated carbocycles. The molecule has 0 bridgehead atoms. The Morgan fingerprint density at radius 2 is 2.00 bits per heavy atom. The van der Waals surface area contributed by atoms with Gasteiger partial charge in [0.15, 0.2) is 11.4 Å². The number of ether oxygens (including phenoxy) is 1. The molecule has 1 aliphatic carbocycles. The van der Waals surface area contributed by atoms with Crippen LogP contribution in [0, 0.1) is 5.82 Å². The Morgan fingerprint density at radius 1 is 1.32 bits per heavy atom. The van der Waals surface area contributed by atoms with Gasteiger partial charge in [-0.1, -0.05) is 12.8 Å². The third-order valence-electron chi connectivity index (χ3n) is 3.90. The number of rotatable bonds is 4. The molecule has 1 amide bonds. The van der Waals surface area contributed by atoms with E-state index < -0.39 is 0 Å². The van der Waals surface area contributed by atoms with E-state index in [1.54, 1.807) is 18.3 Å². The molecule has 0 aliphatic heterocycles. The van der Waals surface area contributed by atoms with Crippen molar-refractivity contribution < 1.29 is 13.9 Å². The number of carbonyl (C=O) groups is 1. The average Bonchev–Trinajstić information content (AvgIpc) is 3.17. The molecule has 1 aromatic carbocycles. The summed E-state index contributed by atoms with van der Waals surface area (Å²) in [4.78, 5) is 12.4. The Hall–Kier alpha value is -2.37. The van der Waals surface area contributed by atoms with Gasteiger partial charge in [0.1, 0.15) is 5.82 Å². The number of amides is 1. The molecule has 3 rings (SSSR count). The van der Waals surface area contributed by atoms with Crippen molar-refractivity contribution in [3.63, 3.8) is 0 Å². The van der Waals surface area contributed by atoms with E-state index >= 15 is 0 Å². The number of methoxy groups -OCH3 is 1. The zero-order chi connectivity index (χ0) is 15.5. The van der Waals surface area contributed by atoms with Crippen molar-refractivity contribution in [2.45, 2.75) is 31.7 Å². The molecule has 0 atom stereocenters. The Morgan fingerprint density at radius 3 is 2.64 bits per heavy atom. The Kier molecular flexibility index (Phi) is 4.09. The van der Waals surface area contributed by atoms with Crippen LogP contribution in [0.1, 0.15) is 36.2 Å². The monoisotopic (exact) mass is 303 g/mol. The molecule has 1 N–H and O–H groups in total. The first-order chi connectivity index (χ1) is 10.7.